The Hall–Kier alpha value is -2.33. The SMILES string of the molecule is CC(=O)c1cc2c(cc1NC(=O)C1CCN(S(=O)(=O)c3cc(Cl)ccc3Cl)CC1)OCO2. The first-order valence-corrected chi connectivity index (χ1v) is 12.1. The predicted octanol–water partition coefficient (Wildman–Crippen LogP) is 3.96. The maximum absolute atomic E-state index is 13.0. The maximum Gasteiger partial charge on any atom is 0.244 e. The van der Waals surface area contributed by atoms with E-state index in [0.717, 1.165) is 0 Å². The molecule has 2 aromatic carbocycles. The highest BCUT2D eigenvalue weighted by Gasteiger charge is 2.34. The van der Waals surface area contributed by atoms with E-state index in [9.17, 15) is 18.0 Å². The molecule has 0 aromatic heterocycles. The summed E-state index contributed by atoms with van der Waals surface area (Å²) in [5, 5.41) is 3.15. The van der Waals surface area contributed by atoms with Gasteiger partial charge in [0.25, 0.3) is 0 Å². The van der Waals surface area contributed by atoms with E-state index >= 15 is 0 Å². The van der Waals surface area contributed by atoms with Gasteiger partial charge in [0.1, 0.15) is 4.90 Å². The van der Waals surface area contributed by atoms with Gasteiger partial charge in [0.2, 0.25) is 22.7 Å². The van der Waals surface area contributed by atoms with Crippen LogP contribution in [-0.2, 0) is 14.8 Å². The van der Waals surface area contributed by atoms with Crippen LogP contribution in [0.4, 0.5) is 5.69 Å². The summed E-state index contributed by atoms with van der Waals surface area (Å²) in [5.74, 6) is -0.0281. The van der Waals surface area contributed by atoms with Crippen LogP contribution in [0, 0.1) is 5.92 Å². The summed E-state index contributed by atoms with van der Waals surface area (Å²) in [6.07, 6.45) is 0.645. The fraction of sp³-hybridized carbons (Fsp3) is 0.333. The number of amides is 1. The first-order chi connectivity index (χ1) is 15.2. The van der Waals surface area contributed by atoms with Gasteiger partial charge in [0, 0.05) is 35.7 Å². The van der Waals surface area contributed by atoms with E-state index in [4.69, 9.17) is 32.7 Å². The number of nitrogens with zero attached hydrogens (tertiary/aromatic N) is 1. The summed E-state index contributed by atoms with van der Waals surface area (Å²) in [5.41, 5.74) is 0.658. The lowest BCUT2D eigenvalue weighted by molar-refractivity contribution is -0.120. The minimum absolute atomic E-state index is 0.0493. The number of sulfonamides is 1. The van der Waals surface area contributed by atoms with Crippen molar-refractivity contribution in [2.24, 2.45) is 5.92 Å². The van der Waals surface area contributed by atoms with Crippen LogP contribution in [0.15, 0.2) is 35.2 Å². The van der Waals surface area contributed by atoms with Crippen molar-refractivity contribution in [3.8, 4) is 11.5 Å². The van der Waals surface area contributed by atoms with Gasteiger partial charge in [-0.05, 0) is 44.0 Å². The monoisotopic (exact) mass is 498 g/mol. The Morgan fingerprint density at radius 2 is 1.72 bits per heavy atom. The molecule has 32 heavy (non-hydrogen) atoms. The molecule has 2 aromatic rings. The van der Waals surface area contributed by atoms with Gasteiger partial charge in [-0.1, -0.05) is 23.2 Å². The summed E-state index contributed by atoms with van der Waals surface area (Å²) in [4.78, 5) is 24.8. The second-order valence-corrected chi connectivity index (χ2v) is 10.3. The molecule has 8 nitrogen and oxygen atoms in total. The number of rotatable bonds is 5. The zero-order valence-electron chi connectivity index (χ0n) is 17.1. The molecule has 4 rings (SSSR count). The third-order valence-corrected chi connectivity index (χ3v) is 8.10. The number of hydrogen-bond acceptors (Lipinski definition) is 6. The number of Topliss-reactive ketones (excluding diaryl/α,β-unsaturated/α-hetero) is 1. The van der Waals surface area contributed by atoms with Gasteiger partial charge < -0.3 is 14.8 Å². The Morgan fingerprint density at radius 3 is 2.38 bits per heavy atom. The highest BCUT2D eigenvalue weighted by atomic mass is 35.5. The molecule has 0 saturated carbocycles. The first kappa shape index (κ1) is 22.8. The molecule has 0 unspecified atom stereocenters. The fourth-order valence-electron chi connectivity index (χ4n) is 3.74. The molecule has 170 valence electrons. The summed E-state index contributed by atoms with van der Waals surface area (Å²) in [7, 11) is -3.84. The van der Waals surface area contributed by atoms with E-state index in [1.807, 2.05) is 0 Å². The van der Waals surface area contributed by atoms with Crippen LogP contribution in [0.3, 0.4) is 0 Å². The van der Waals surface area contributed by atoms with Gasteiger partial charge in [-0.15, -0.1) is 0 Å². The smallest absolute Gasteiger partial charge is 0.244 e. The van der Waals surface area contributed by atoms with Gasteiger partial charge in [0.05, 0.1) is 10.7 Å². The molecule has 11 heteroatoms. The highest BCUT2D eigenvalue weighted by molar-refractivity contribution is 7.89. The van der Waals surface area contributed by atoms with Crippen molar-refractivity contribution in [2.45, 2.75) is 24.7 Å². The maximum atomic E-state index is 13.0. The quantitative estimate of drug-likeness (QED) is 0.625. The molecule has 1 saturated heterocycles. The van der Waals surface area contributed by atoms with Crippen LogP contribution in [-0.4, -0.2) is 44.3 Å². The minimum Gasteiger partial charge on any atom is -0.454 e. The molecular weight excluding hydrogens is 479 g/mol. The third-order valence-electron chi connectivity index (χ3n) is 5.49. The molecule has 1 N–H and O–H groups in total. The lowest BCUT2D eigenvalue weighted by Crippen LogP contribution is -2.41. The molecule has 0 bridgehead atoms. The van der Waals surface area contributed by atoms with Crippen LogP contribution >= 0.6 is 23.2 Å². The van der Waals surface area contributed by atoms with Crippen molar-refractivity contribution in [1.82, 2.24) is 4.31 Å². The third kappa shape index (κ3) is 4.43. The lowest BCUT2D eigenvalue weighted by atomic mass is 9.96. The van der Waals surface area contributed by atoms with Crippen LogP contribution in [0.25, 0.3) is 0 Å². The molecule has 0 radical (unpaired) electrons. The van der Waals surface area contributed by atoms with Crippen molar-refractivity contribution in [3.05, 3.63) is 45.9 Å². The van der Waals surface area contributed by atoms with E-state index in [0.29, 0.717) is 35.6 Å². The number of carbonyl (C=O) groups is 2. The van der Waals surface area contributed by atoms with Crippen LogP contribution < -0.4 is 14.8 Å². The van der Waals surface area contributed by atoms with E-state index in [1.54, 1.807) is 12.1 Å². The molecule has 1 amide bonds. The van der Waals surface area contributed by atoms with Gasteiger partial charge in [-0.3, -0.25) is 9.59 Å². The Kier molecular flexibility index (Phi) is 6.35. The first-order valence-electron chi connectivity index (χ1n) is 9.87. The molecule has 0 aliphatic carbocycles. The zero-order chi connectivity index (χ0) is 23.0. The molecule has 2 aliphatic rings. The predicted molar refractivity (Wildman–Crippen MR) is 119 cm³/mol. The molecule has 1 fully saturated rings. The molecule has 2 heterocycles. The Bertz CT molecular complexity index is 1190. The average Bonchev–Trinajstić information content (AvgIpc) is 3.22. The standard InChI is InChI=1S/C21H20Cl2N2O6S/c1-12(26)15-9-18-19(31-11-30-18)10-17(15)24-21(27)13-4-6-25(7-5-13)32(28,29)20-8-14(22)2-3-16(20)23/h2-3,8-10,13H,4-7,11H2,1H3,(H,24,27). The van der Waals surface area contributed by atoms with Crippen LogP contribution in [0.1, 0.15) is 30.1 Å². The van der Waals surface area contributed by atoms with Crippen molar-refractivity contribution in [2.75, 3.05) is 25.2 Å². The van der Waals surface area contributed by atoms with Crippen LogP contribution in [0.2, 0.25) is 10.0 Å². The van der Waals surface area contributed by atoms with Gasteiger partial charge in [-0.25, -0.2) is 8.42 Å². The number of ether oxygens (including phenoxy) is 2. The van der Waals surface area contributed by atoms with Gasteiger partial charge >= 0.3 is 0 Å². The number of halogens is 2. The van der Waals surface area contributed by atoms with Crippen molar-refractivity contribution < 1.29 is 27.5 Å². The second kappa shape index (κ2) is 8.90. The zero-order valence-corrected chi connectivity index (χ0v) is 19.4. The summed E-state index contributed by atoms with van der Waals surface area (Å²) in [6.45, 7) is 1.76. The Labute approximate surface area is 195 Å². The molecular formula is C21H20Cl2N2O6S. The highest BCUT2D eigenvalue weighted by Crippen LogP contribution is 2.38. The summed E-state index contributed by atoms with van der Waals surface area (Å²) < 4.78 is 37.9. The number of carbonyl (C=O) groups excluding carboxylic acids is 2. The van der Waals surface area contributed by atoms with E-state index in [2.05, 4.69) is 5.32 Å². The topological polar surface area (TPSA) is 102 Å². The largest absolute Gasteiger partial charge is 0.454 e. The van der Waals surface area contributed by atoms with Crippen molar-refractivity contribution >= 4 is 50.6 Å². The second-order valence-electron chi connectivity index (χ2n) is 7.55. The number of hydrogen-bond donors (Lipinski definition) is 1. The average molecular weight is 499 g/mol. The number of piperidine rings is 1. The molecule has 0 atom stereocenters. The Balaban J connectivity index is 1.46. The lowest BCUT2D eigenvalue weighted by Gasteiger charge is -2.31. The van der Waals surface area contributed by atoms with Crippen molar-refractivity contribution in [1.29, 1.82) is 0 Å². The number of benzene rings is 2. The molecule has 2 aliphatic heterocycles. The number of nitrogens with one attached hydrogen (secondary N) is 1. The summed E-state index contributed by atoms with van der Waals surface area (Å²) in [6, 6.07) is 7.39. The summed E-state index contributed by atoms with van der Waals surface area (Å²) >= 11 is 12.0. The molecule has 0 spiro atoms. The number of anilines is 1. The van der Waals surface area contributed by atoms with Crippen molar-refractivity contribution in [3.63, 3.8) is 0 Å². The number of fused-ring (bicyclic) bond motifs is 1. The fourth-order valence-corrected chi connectivity index (χ4v) is 5.95. The van der Waals surface area contributed by atoms with E-state index < -0.39 is 15.9 Å². The van der Waals surface area contributed by atoms with Gasteiger partial charge in [0.15, 0.2) is 17.3 Å². The normalized spacial score (nSPS) is 16.7. The van der Waals surface area contributed by atoms with Crippen LogP contribution in [0.5, 0.6) is 11.5 Å². The Morgan fingerprint density at radius 1 is 1.06 bits per heavy atom. The van der Waals surface area contributed by atoms with E-state index in [-0.39, 0.29) is 46.5 Å². The number of ketones is 1. The minimum atomic E-state index is -3.84. The van der Waals surface area contributed by atoms with E-state index in [1.165, 1.54) is 29.4 Å². The van der Waals surface area contributed by atoms with Gasteiger partial charge in [-0.2, -0.15) is 4.31 Å².